The normalized spacial score (nSPS) is 41.5. The van der Waals surface area contributed by atoms with Crippen molar-refractivity contribution in [1.82, 2.24) is 0 Å². The van der Waals surface area contributed by atoms with E-state index in [4.69, 9.17) is 13.5 Å². The molecule has 3 heteroatoms. The summed E-state index contributed by atoms with van der Waals surface area (Å²) in [4.78, 5) is 0. The van der Waals surface area contributed by atoms with Gasteiger partial charge in [0.25, 0.3) is 0 Å². The van der Waals surface area contributed by atoms with Gasteiger partial charge in [0.05, 0.1) is 18.6 Å². The minimum Gasteiger partial charge on any atom is -0.394 e. The molecule has 0 rings (SSSR count). The lowest BCUT2D eigenvalue weighted by atomic mass is 10.4. The van der Waals surface area contributed by atoms with E-state index in [1.165, 1.54) is 0 Å². The second kappa shape index (κ2) is 3.08. The molecule has 38 valence electrons. The van der Waals surface area contributed by atoms with Crippen molar-refractivity contribution in [2.45, 2.75) is 6.08 Å². The smallest absolute Gasteiger partial charge is 0.211 e. The number of aliphatic hydroxyl groups is 3. The summed E-state index contributed by atoms with van der Waals surface area (Å²) in [5.41, 5.74) is 0. The number of aliphatic hydroxyl groups excluding tert-OH is 1. The third-order valence-corrected chi connectivity index (χ3v) is 0.218. The Labute approximate surface area is 44.5 Å². The third kappa shape index (κ3) is 2.14. The molecule has 3 nitrogen and oxygen atoms in total. The first-order valence-corrected chi connectivity index (χ1v) is 1.21. The van der Waals surface area contributed by atoms with Crippen molar-refractivity contribution in [3.63, 3.8) is 0 Å². The molecule has 0 fully saturated rings. The van der Waals surface area contributed by atoms with Gasteiger partial charge >= 0.3 is 0 Å². The molecule has 0 aromatic heterocycles. The lowest BCUT2D eigenvalue weighted by Gasteiger charge is -1.96. The summed E-state index contributed by atoms with van der Waals surface area (Å²) >= 11 is 0. The van der Waals surface area contributed by atoms with Crippen LogP contribution in [0.5, 0.6) is 0 Å². The van der Waals surface area contributed by atoms with Crippen molar-refractivity contribution >= 4 is 0 Å². The van der Waals surface area contributed by atoms with Crippen LogP contribution >= 0.6 is 0 Å². The quantitative estimate of drug-likeness (QED) is 0.394. The Morgan fingerprint density at radius 3 is 3.17 bits per heavy atom. The van der Waals surface area contributed by atoms with Crippen LogP contribution in [0.2, 0.25) is 0 Å². The molecule has 0 heterocycles. The molecule has 2 atom stereocenters. The Hall–Kier alpha value is -0.120. The van der Waals surface area contributed by atoms with Crippen molar-refractivity contribution in [3.8, 4) is 0 Å². The van der Waals surface area contributed by atoms with Gasteiger partial charge in [-0.25, -0.2) is 0 Å². The zero-order valence-electron chi connectivity index (χ0n) is 8.84. The van der Waals surface area contributed by atoms with Gasteiger partial charge in [-0.3, -0.25) is 0 Å². The fourth-order valence-corrected chi connectivity index (χ4v) is 0.0264. The highest BCUT2D eigenvalue weighted by Crippen LogP contribution is 1.71. The maximum atomic E-state index is 8.57. The Bertz CT molecular complexity index is 151. The van der Waals surface area contributed by atoms with Crippen LogP contribution in [0.15, 0.2) is 0 Å². The molecule has 0 aliphatic carbocycles. The molecule has 0 amide bonds. The summed E-state index contributed by atoms with van der Waals surface area (Å²) in [5, 5.41) is 15.5. The van der Waals surface area contributed by atoms with E-state index in [0.29, 0.717) is 0 Å². The second-order valence-electron chi connectivity index (χ2n) is 0.595. The fraction of sp³-hybridized carbons (Fsp3) is 1.00. The van der Waals surface area contributed by atoms with Crippen LogP contribution in [0.1, 0.15) is 5.48 Å². The fourth-order valence-electron chi connectivity index (χ4n) is 0.0264. The van der Waals surface area contributed by atoms with Crippen molar-refractivity contribution < 1.29 is 20.8 Å². The maximum Gasteiger partial charge on any atom is 0.211 e. The van der Waals surface area contributed by atoms with Gasteiger partial charge in [-0.15, -0.1) is 0 Å². The van der Waals surface area contributed by atoms with E-state index in [1.807, 2.05) is 0 Å². The van der Waals surface area contributed by atoms with Crippen LogP contribution in [0.25, 0.3) is 0 Å². The largest absolute Gasteiger partial charge is 0.394 e. The summed E-state index contributed by atoms with van der Waals surface area (Å²) in [5.74, 6) is 0. The van der Waals surface area contributed by atoms with Crippen LogP contribution in [0.3, 0.4) is 0 Å². The van der Waals surface area contributed by atoms with E-state index in [-0.39, 0.29) is 0 Å². The summed E-state index contributed by atoms with van der Waals surface area (Å²) < 4.78 is 39.7. The van der Waals surface area contributed by atoms with Crippen molar-refractivity contribution in [2.24, 2.45) is 0 Å². The molecule has 3 N–H and O–H groups in total. The van der Waals surface area contributed by atoms with E-state index in [1.54, 1.807) is 0 Å². The van der Waals surface area contributed by atoms with Gasteiger partial charge in [0, 0.05) is 0 Å². The average Bonchev–Trinajstić information content (AvgIpc) is 2.02. The van der Waals surface area contributed by atoms with E-state index >= 15 is 0 Å². The monoisotopic (exact) mass is 98.1 g/mol. The van der Waals surface area contributed by atoms with E-state index in [2.05, 4.69) is 10.2 Å². The lowest BCUT2D eigenvalue weighted by Crippen LogP contribution is -2.15. The van der Waals surface area contributed by atoms with Crippen LogP contribution in [-0.4, -0.2) is 37.4 Å². The molecule has 2 unspecified atom stereocenters. The molecular formula is C3H8O3. The van der Waals surface area contributed by atoms with Gasteiger partial charge < -0.3 is 15.3 Å². The van der Waals surface area contributed by atoms with Gasteiger partial charge in [-0.05, 0) is 0 Å². The minimum atomic E-state index is -3.05. The average molecular weight is 98.1 g/mol. The van der Waals surface area contributed by atoms with Crippen LogP contribution in [0.4, 0.5) is 0 Å². The SMILES string of the molecule is [2H]OC([2H])([2H])C([2H])(O[2H])C([2H])O. The Balaban J connectivity index is 4.74. The van der Waals surface area contributed by atoms with Crippen molar-refractivity contribution in [1.29, 1.82) is 2.86 Å². The number of rotatable bonds is 4. The summed E-state index contributed by atoms with van der Waals surface area (Å²) in [6.45, 7) is -5.38. The Morgan fingerprint density at radius 2 is 3.00 bits per heavy atom. The number of hydrogen-bond acceptors (Lipinski definition) is 3. The topological polar surface area (TPSA) is 60.7 Å². The first-order chi connectivity index (χ1) is 5.31. The molecule has 6 heavy (non-hydrogen) atoms. The molecule has 0 saturated carbocycles. The van der Waals surface area contributed by atoms with Crippen LogP contribution < -0.4 is 0 Å². The molecule has 0 saturated heterocycles. The molecule has 0 radical (unpaired) electrons. The standard InChI is InChI=1S/C3H8O3/c4-1-3(6)2-5/h3-6H,1-2H2/i1D,2D2,3D,5D,6D. The summed E-state index contributed by atoms with van der Waals surface area (Å²) in [6.07, 6.45) is -2.95. The Morgan fingerprint density at radius 1 is 2.17 bits per heavy atom. The van der Waals surface area contributed by atoms with Crippen LogP contribution in [-0.2, 0) is 0 Å². The predicted molar refractivity (Wildman–Crippen MR) is 20.2 cm³/mol. The highest BCUT2D eigenvalue weighted by atomic mass is 16.3. The summed E-state index contributed by atoms with van der Waals surface area (Å²) in [7, 11) is 0. The zero-order valence-corrected chi connectivity index (χ0v) is 2.84. The highest BCUT2D eigenvalue weighted by Gasteiger charge is 1.93. The third-order valence-electron chi connectivity index (χ3n) is 0.218. The first kappa shape index (κ1) is 1.18. The lowest BCUT2D eigenvalue weighted by molar-refractivity contribution is 0.0450. The zero-order chi connectivity index (χ0) is 9.99. The van der Waals surface area contributed by atoms with Crippen LogP contribution in [0, 0.1) is 0 Å². The predicted octanol–water partition coefficient (Wildman–Crippen LogP) is -1.67. The molecule has 0 bridgehead atoms. The van der Waals surface area contributed by atoms with Crippen molar-refractivity contribution in [2.75, 3.05) is 13.1 Å². The first-order valence-electron chi connectivity index (χ1n) is 4.10. The molecule has 0 spiro atoms. The number of hydrogen-bond donors (Lipinski definition) is 3. The van der Waals surface area contributed by atoms with Gasteiger partial charge in [0.15, 0.2) is 0 Å². The molecule has 0 aliphatic rings. The highest BCUT2D eigenvalue weighted by molar-refractivity contribution is 4.43. The molecule has 0 aromatic rings. The molecular weight excluding hydrogens is 84.0 g/mol. The maximum absolute atomic E-state index is 8.57. The Kier molecular flexibility index (Phi) is 0.608. The van der Waals surface area contributed by atoms with Crippen molar-refractivity contribution in [3.05, 3.63) is 0 Å². The summed E-state index contributed by atoms with van der Waals surface area (Å²) in [6, 6.07) is 0. The molecule has 0 aliphatic heterocycles. The van der Waals surface area contributed by atoms with Gasteiger partial charge in [-0.1, -0.05) is 0 Å². The van der Waals surface area contributed by atoms with Gasteiger partial charge in [0.1, 0.15) is 6.08 Å². The van der Waals surface area contributed by atoms with E-state index in [9.17, 15) is 0 Å². The van der Waals surface area contributed by atoms with E-state index in [0.717, 1.165) is 0 Å². The van der Waals surface area contributed by atoms with Gasteiger partial charge in [0.2, 0.25) is 2.86 Å². The minimum absolute atomic E-state index is 2.34. The van der Waals surface area contributed by atoms with Gasteiger partial charge in [-0.2, -0.15) is 0 Å². The second-order valence-corrected chi connectivity index (χ2v) is 0.595. The molecule has 0 aromatic carbocycles. The van der Waals surface area contributed by atoms with E-state index < -0.39 is 19.2 Å².